The lowest BCUT2D eigenvalue weighted by atomic mass is 9.86. The number of benzene rings is 1. The number of hydrogen-bond donors (Lipinski definition) is 1. The largest absolute Gasteiger partial charge is 0.480 e. The monoisotopic (exact) mass is 308 g/mol. The van der Waals surface area contributed by atoms with Crippen LogP contribution in [-0.4, -0.2) is 16.8 Å². The third-order valence-corrected chi connectivity index (χ3v) is 4.92. The third-order valence-electron chi connectivity index (χ3n) is 3.59. The summed E-state index contributed by atoms with van der Waals surface area (Å²) in [7, 11) is 0. The van der Waals surface area contributed by atoms with Gasteiger partial charge in [0.05, 0.1) is 0 Å². The van der Waals surface area contributed by atoms with E-state index in [4.69, 9.17) is 0 Å². The normalized spacial score (nSPS) is 13.1. The van der Waals surface area contributed by atoms with E-state index in [1.165, 1.54) is 24.8 Å². The van der Waals surface area contributed by atoms with Gasteiger partial charge in [0, 0.05) is 0 Å². The first kappa shape index (κ1) is 18.1. The fourth-order valence-electron chi connectivity index (χ4n) is 2.20. The summed E-state index contributed by atoms with van der Waals surface area (Å²) in [6.45, 7) is 8.68. The molecule has 0 heterocycles. The molecule has 2 nitrogen and oxygen atoms in total. The van der Waals surface area contributed by atoms with Gasteiger partial charge in [-0.25, -0.2) is 0 Å². The van der Waals surface area contributed by atoms with Crippen LogP contribution in [0.3, 0.4) is 0 Å². The molecule has 0 saturated heterocycles. The number of rotatable bonds is 8. The summed E-state index contributed by atoms with van der Waals surface area (Å²) >= 11 is 1.55. The Balaban J connectivity index is 2.66. The average Bonchev–Trinajstić information content (AvgIpc) is 2.41. The Bertz CT molecular complexity index is 432. The maximum absolute atomic E-state index is 11.5. The van der Waals surface area contributed by atoms with Crippen LogP contribution in [0.15, 0.2) is 24.3 Å². The van der Waals surface area contributed by atoms with Gasteiger partial charge in [0.25, 0.3) is 0 Å². The number of carbonyl (C=O) groups is 1. The molecule has 0 radical (unpaired) electrons. The van der Waals surface area contributed by atoms with Gasteiger partial charge in [-0.3, -0.25) is 4.79 Å². The molecule has 0 spiro atoms. The Kier molecular flexibility index (Phi) is 7.30. The van der Waals surface area contributed by atoms with Crippen LogP contribution in [0.5, 0.6) is 0 Å². The number of aliphatic carboxylic acids is 1. The summed E-state index contributed by atoms with van der Waals surface area (Å²) in [5.74, 6) is 0.178. The first-order chi connectivity index (χ1) is 9.86. The number of carboxylic acids is 1. The number of thioether (sulfide) groups is 1. The van der Waals surface area contributed by atoms with Crippen LogP contribution in [0.2, 0.25) is 0 Å². The van der Waals surface area contributed by atoms with E-state index in [1.807, 2.05) is 12.1 Å². The van der Waals surface area contributed by atoms with E-state index < -0.39 is 11.2 Å². The van der Waals surface area contributed by atoms with Gasteiger partial charge < -0.3 is 5.11 Å². The van der Waals surface area contributed by atoms with Gasteiger partial charge in [0.1, 0.15) is 5.25 Å². The first-order valence-electron chi connectivity index (χ1n) is 7.81. The first-order valence-corrected chi connectivity index (χ1v) is 8.86. The molecule has 1 atom stereocenters. The van der Waals surface area contributed by atoms with E-state index in [1.54, 1.807) is 11.8 Å². The molecule has 3 heteroatoms. The molecule has 0 aromatic heterocycles. The molecule has 0 aliphatic heterocycles. The van der Waals surface area contributed by atoms with E-state index in [0.29, 0.717) is 0 Å². The Morgan fingerprint density at radius 2 is 1.76 bits per heavy atom. The predicted octanol–water partition coefficient (Wildman–Crippen LogP) is 5.42. The second-order valence-corrected chi connectivity index (χ2v) is 7.73. The van der Waals surface area contributed by atoms with Crippen LogP contribution < -0.4 is 0 Å². The summed E-state index contributed by atoms with van der Waals surface area (Å²) in [6.07, 6.45) is 4.74. The lowest BCUT2D eigenvalue weighted by Gasteiger charge is -2.20. The Hall–Kier alpha value is -0.960. The zero-order valence-corrected chi connectivity index (χ0v) is 14.5. The van der Waals surface area contributed by atoms with E-state index in [9.17, 15) is 9.90 Å². The number of hydrogen-bond acceptors (Lipinski definition) is 2. The van der Waals surface area contributed by atoms with Gasteiger partial charge >= 0.3 is 5.97 Å². The van der Waals surface area contributed by atoms with Crippen molar-refractivity contribution < 1.29 is 9.90 Å². The van der Waals surface area contributed by atoms with Crippen LogP contribution in [0.4, 0.5) is 0 Å². The number of carboxylic acid groups (broad SMARTS) is 1. The van der Waals surface area contributed by atoms with E-state index in [-0.39, 0.29) is 5.41 Å². The van der Waals surface area contributed by atoms with E-state index in [2.05, 4.69) is 39.8 Å². The Morgan fingerprint density at radius 3 is 2.24 bits per heavy atom. The van der Waals surface area contributed by atoms with Crippen molar-refractivity contribution in [3.8, 4) is 0 Å². The fraction of sp³-hybridized carbons (Fsp3) is 0.611. The van der Waals surface area contributed by atoms with Crippen LogP contribution in [0.25, 0.3) is 0 Å². The van der Waals surface area contributed by atoms with Crippen molar-refractivity contribution in [3.63, 3.8) is 0 Å². The van der Waals surface area contributed by atoms with Crippen molar-refractivity contribution in [3.05, 3.63) is 35.4 Å². The quantitative estimate of drug-likeness (QED) is 0.651. The van der Waals surface area contributed by atoms with Crippen molar-refractivity contribution in [2.45, 2.75) is 64.0 Å². The summed E-state index contributed by atoms with van der Waals surface area (Å²) in [4.78, 5) is 11.5. The highest BCUT2D eigenvalue weighted by Crippen LogP contribution is 2.32. The average molecular weight is 308 g/mol. The van der Waals surface area contributed by atoms with Crippen LogP contribution in [0, 0.1) is 0 Å². The SMILES string of the molecule is CCCCCCSC(C(=O)O)c1ccc(C(C)(C)C)cc1. The summed E-state index contributed by atoms with van der Waals surface area (Å²) in [5.41, 5.74) is 2.24. The molecular formula is C18H28O2S. The summed E-state index contributed by atoms with van der Waals surface area (Å²) in [5, 5.41) is 8.99. The molecule has 0 aliphatic carbocycles. The second kappa shape index (κ2) is 8.47. The Labute approximate surface area is 133 Å². The minimum Gasteiger partial charge on any atom is -0.480 e. The molecular weight excluding hydrogens is 280 g/mol. The minimum absolute atomic E-state index is 0.102. The van der Waals surface area contributed by atoms with Gasteiger partial charge in [-0.1, -0.05) is 71.2 Å². The van der Waals surface area contributed by atoms with Crippen LogP contribution in [0.1, 0.15) is 69.8 Å². The van der Waals surface area contributed by atoms with E-state index >= 15 is 0 Å². The summed E-state index contributed by atoms with van der Waals surface area (Å²) in [6, 6.07) is 8.06. The molecule has 0 saturated carbocycles. The molecule has 1 rings (SSSR count). The van der Waals surface area contributed by atoms with Gasteiger partial charge in [-0.05, 0) is 28.7 Å². The fourth-order valence-corrected chi connectivity index (χ4v) is 3.30. The lowest BCUT2D eigenvalue weighted by Crippen LogP contribution is -2.12. The molecule has 118 valence electrons. The Morgan fingerprint density at radius 1 is 1.14 bits per heavy atom. The number of unbranched alkanes of at least 4 members (excludes halogenated alkanes) is 3. The molecule has 0 bridgehead atoms. The summed E-state index contributed by atoms with van der Waals surface area (Å²) < 4.78 is 0. The van der Waals surface area contributed by atoms with E-state index in [0.717, 1.165) is 17.7 Å². The topological polar surface area (TPSA) is 37.3 Å². The maximum atomic E-state index is 11.5. The molecule has 0 aliphatic rings. The van der Waals surface area contributed by atoms with Gasteiger partial charge in [-0.15, -0.1) is 11.8 Å². The standard InChI is InChI=1S/C18H28O2S/c1-5-6-7-8-13-21-16(17(19)20)14-9-11-15(12-10-14)18(2,3)4/h9-12,16H,5-8,13H2,1-4H3,(H,19,20). The molecule has 0 fully saturated rings. The molecule has 21 heavy (non-hydrogen) atoms. The molecule has 1 aromatic carbocycles. The highest BCUT2D eigenvalue weighted by Gasteiger charge is 2.21. The van der Waals surface area contributed by atoms with Crippen LogP contribution in [-0.2, 0) is 10.2 Å². The zero-order valence-electron chi connectivity index (χ0n) is 13.7. The smallest absolute Gasteiger partial charge is 0.321 e. The van der Waals surface area contributed by atoms with Crippen molar-refractivity contribution in [1.82, 2.24) is 0 Å². The maximum Gasteiger partial charge on any atom is 0.321 e. The van der Waals surface area contributed by atoms with Crippen LogP contribution >= 0.6 is 11.8 Å². The second-order valence-electron chi connectivity index (χ2n) is 6.52. The van der Waals surface area contributed by atoms with Crippen molar-refractivity contribution in [2.24, 2.45) is 0 Å². The molecule has 1 unspecified atom stereocenters. The van der Waals surface area contributed by atoms with Crippen molar-refractivity contribution in [2.75, 3.05) is 5.75 Å². The minimum atomic E-state index is -0.737. The lowest BCUT2D eigenvalue weighted by molar-refractivity contribution is -0.136. The van der Waals surface area contributed by atoms with Gasteiger partial charge in [0.15, 0.2) is 0 Å². The molecule has 1 aromatic rings. The van der Waals surface area contributed by atoms with Gasteiger partial charge in [0.2, 0.25) is 0 Å². The third kappa shape index (κ3) is 6.13. The van der Waals surface area contributed by atoms with Crippen molar-refractivity contribution >= 4 is 17.7 Å². The molecule has 1 N–H and O–H groups in total. The highest BCUT2D eigenvalue weighted by molar-refractivity contribution is 8.00. The van der Waals surface area contributed by atoms with Gasteiger partial charge in [-0.2, -0.15) is 0 Å². The zero-order chi connectivity index (χ0) is 15.9. The van der Waals surface area contributed by atoms with Crippen molar-refractivity contribution in [1.29, 1.82) is 0 Å². The highest BCUT2D eigenvalue weighted by atomic mass is 32.2. The predicted molar refractivity (Wildman–Crippen MR) is 92.1 cm³/mol. The molecule has 0 amide bonds.